The Morgan fingerprint density at radius 2 is 1.02 bits per heavy atom. The molecule has 1 aliphatic rings. The first kappa shape index (κ1) is 19.0. The molecular weight excluding hydrogens is 741 g/mol. The zero-order chi connectivity index (χ0) is 60.3. The molecule has 0 saturated heterocycles. The van der Waals surface area contributed by atoms with E-state index in [1.807, 2.05) is 24.3 Å². The first-order valence-corrected chi connectivity index (χ1v) is 19.1. The van der Waals surface area contributed by atoms with E-state index in [9.17, 15) is 13.7 Å². The van der Waals surface area contributed by atoms with Crippen LogP contribution < -0.4 is 0 Å². The molecule has 0 amide bonds. The van der Waals surface area contributed by atoms with E-state index in [2.05, 4.69) is 4.98 Å². The predicted octanol–water partition coefficient (Wildman–Crippen LogP) is 15.0. The number of ether oxygens (including phenoxy) is 1. The molecular formula is C58H38N2O. The van der Waals surface area contributed by atoms with Crippen LogP contribution in [0.15, 0.2) is 218 Å². The summed E-state index contributed by atoms with van der Waals surface area (Å²) in [6.45, 7) is 0. The second-order valence-corrected chi connectivity index (χ2v) is 14.2. The third-order valence-electron chi connectivity index (χ3n) is 11.0. The Bertz CT molecular complexity index is 4720. The van der Waals surface area contributed by atoms with Gasteiger partial charge in [-0.1, -0.05) is 194 Å². The summed E-state index contributed by atoms with van der Waals surface area (Å²) in [5.41, 5.74) is -1.23. The summed E-state index contributed by atoms with van der Waals surface area (Å²) in [7, 11) is 0. The summed E-state index contributed by atoms with van der Waals surface area (Å²) in [5, 5.41) is -0.0795. The number of hydrogen-bond acceptors (Lipinski definition) is 3. The Labute approximate surface area is 386 Å². The molecule has 0 bridgehead atoms. The minimum absolute atomic E-state index is 0.0945. The van der Waals surface area contributed by atoms with Crippen molar-refractivity contribution in [3.8, 4) is 22.4 Å². The highest BCUT2D eigenvalue weighted by Gasteiger charge is 2.42. The minimum atomic E-state index is -2.14. The highest BCUT2D eigenvalue weighted by molar-refractivity contribution is 6.16. The minimum Gasteiger partial charge on any atom is -0.484 e. The Kier molecular flexibility index (Phi) is 4.50. The van der Waals surface area contributed by atoms with E-state index in [-0.39, 0.29) is 11.3 Å². The number of aromatic nitrogens is 2. The van der Waals surface area contributed by atoms with Crippen LogP contribution in [0, 0.1) is 0 Å². The van der Waals surface area contributed by atoms with E-state index in [4.69, 9.17) is 27.5 Å². The van der Waals surface area contributed by atoms with Crippen LogP contribution in [-0.4, -0.2) is 9.97 Å². The van der Waals surface area contributed by atoms with Crippen molar-refractivity contribution in [3.05, 3.63) is 240 Å². The lowest BCUT2D eigenvalue weighted by Gasteiger charge is -2.26. The van der Waals surface area contributed by atoms with Crippen LogP contribution in [-0.2, 0) is 4.74 Å². The van der Waals surface area contributed by atoms with Gasteiger partial charge in [0.05, 0.1) is 54.2 Å². The van der Waals surface area contributed by atoms with Crippen molar-refractivity contribution in [1.82, 2.24) is 9.97 Å². The molecule has 2 atom stereocenters. The summed E-state index contributed by atoms with van der Waals surface area (Å²) >= 11 is 0. The molecule has 61 heavy (non-hydrogen) atoms. The zero-order valence-electron chi connectivity index (χ0n) is 54.5. The molecule has 0 spiro atoms. The number of benzene rings is 9. The van der Waals surface area contributed by atoms with Gasteiger partial charge in [-0.3, -0.25) is 4.98 Å². The van der Waals surface area contributed by atoms with E-state index >= 15 is 0 Å². The quantitative estimate of drug-likeness (QED) is 0.124. The van der Waals surface area contributed by atoms with Crippen LogP contribution in [0.5, 0.6) is 0 Å². The first-order valence-electron chi connectivity index (χ1n) is 30.6. The van der Waals surface area contributed by atoms with Crippen molar-refractivity contribution >= 4 is 65.5 Å². The third-order valence-corrected chi connectivity index (χ3v) is 11.0. The van der Waals surface area contributed by atoms with Gasteiger partial charge in [-0.25, -0.2) is 4.98 Å². The van der Waals surface area contributed by atoms with Gasteiger partial charge in [-0.2, -0.15) is 0 Å². The summed E-state index contributed by atoms with van der Waals surface area (Å²) in [5.74, 6) is -2.41. The Morgan fingerprint density at radius 1 is 0.459 bits per heavy atom. The average Bonchev–Trinajstić information content (AvgIpc) is 1.21. The summed E-state index contributed by atoms with van der Waals surface area (Å²) in [4.78, 5) is 9.71. The molecule has 0 aliphatic carbocycles. The summed E-state index contributed by atoms with van der Waals surface area (Å²) < 4.78 is 219. The second kappa shape index (κ2) is 14.4. The van der Waals surface area contributed by atoms with Crippen LogP contribution in [0.2, 0.25) is 0 Å². The molecule has 0 N–H and O–H groups in total. The molecule has 0 saturated carbocycles. The molecule has 12 rings (SSSR count). The highest BCUT2D eigenvalue weighted by Crippen LogP contribution is 2.58. The summed E-state index contributed by atoms with van der Waals surface area (Å²) in [6, 6.07) is 0.625. The topological polar surface area (TPSA) is 35.0 Å². The molecule has 2 unspecified atom stereocenters. The van der Waals surface area contributed by atoms with Gasteiger partial charge in [0.2, 0.25) is 0 Å². The molecule has 0 radical (unpaired) electrons. The molecule has 1 aliphatic heterocycles. The predicted molar refractivity (Wildman–Crippen MR) is 253 cm³/mol. The number of fused-ring (bicyclic) bond motifs is 6. The fourth-order valence-corrected chi connectivity index (χ4v) is 8.51. The van der Waals surface area contributed by atoms with Crippen LogP contribution in [0.3, 0.4) is 0 Å². The molecule has 11 aromatic rings. The standard InChI is InChI=1S/C58H38N2O/c1-4-17-37(18-5-1)51-45-26-12-14-28-47(45)54(48-29-15-13-27-46(48)51)58-53(39-21-8-3-9-22-39)52(38-19-6-2-7-20-38)57(61-58)49-34-33-44(42-24-10-11-25-43(42)49)50-35-32-41-31-30-40-23-16-36-59-55(40)56(41)60-50/h1-36,53,58H/i1D,2D,3D,4D,5D,6D,7D,8D,9D,12D,13D,14D,15D,17D,18D,19D,20D,21D,22D,26D,27D,28D,29D. The molecule has 3 nitrogen and oxygen atoms in total. The number of rotatable bonds is 6. The maximum absolute atomic E-state index is 9.80. The van der Waals surface area contributed by atoms with Crippen molar-refractivity contribution in [2.24, 2.45) is 0 Å². The lowest BCUT2D eigenvalue weighted by Crippen LogP contribution is -2.11. The molecule has 2 aromatic heterocycles. The average molecular weight is 802 g/mol. The van der Waals surface area contributed by atoms with E-state index in [0.717, 1.165) is 10.8 Å². The van der Waals surface area contributed by atoms with Gasteiger partial charge in [0.15, 0.2) is 0 Å². The zero-order valence-corrected chi connectivity index (χ0v) is 31.5. The van der Waals surface area contributed by atoms with Gasteiger partial charge in [0.1, 0.15) is 11.9 Å². The third kappa shape index (κ3) is 5.73. The normalized spacial score (nSPS) is 20.6. The molecule has 0 fully saturated rings. The van der Waals surface area contributed by atoms with Crippen molar-refractivity contribution in [1.29, 1.82) is 0 Å². The fraction of sp³-hybridized carbons (Fsp3) is 0.0345. The van der Waals surface area contributed by atoms with Gasteiger partial charge in [-0.05, 0) is 72.8 Å². The van der Waals surface area contributed by atoms with Gasteiger partial charge < -0.3 is 4.74 Å². The largest absolute Gasteiger partial charge is 0.484 e. The van der Waals surface area contributed by atoms with E-state index < -0.39 is 206 Å². The van der Waals surface area contributed by atoms with Gasteiger partial charge in [0, 0.05) is 39.2 Å². The highest BCUT2D eigenvalue weighted by atomic mass is 16.5. The van der Waals surface area contributed by atoms with Crippen LogP contribution in [0.1, 0.15) is 65.8 Å². The van der Waals surface area contributed by atoms with Crippen molar-refractivity contribution < 1.29 is 36.3 Å². The maximum Gasteiger partial charge on any atom is 0.136 e. The second-order valence-electron chi connectivity index (χ2n) is 14.2. The van der Waals surface area contributed by atoms with E-state index in [0.29, 0.717) is 33.1 Å². The van der Waals surface area contributed by atoms with Gasteiger partial charge >= 0.3 is 0 Å². The van der Waals surface area contributed by atoms with Crippen molar-refractivity contribution in [2.75, 3.05) is 0 Å². The monoisotopic (exact) mass is 801 g/mol. The Hall–Kier alpha value is -7.88. The number of hydrogen-bond donors (Lipinski definition) is 0. The Balaban J connectivity index is 1.30. The first-order chi connectivity index (χ1) is 39.8. The molecule has 9 aromatic carbocycles. The smallest absolute Gasteiger partial charge is 0.136 e. The van der Waals surface area contributed by atoms with Crippen LogP contribution in [0.4, 0.5) is 0 Å². The van der Waals surface area contributed by atoms with Crippen molar-refractivity contribution in [2.45, 2.75) is 12.0 Å². The van der Waals surface area contributed by atoms with E-state index in [1.165, 1.54) is 0 Å². The summed E-state index contributed by atoms with van der Waals surface area (Å²) in [6.07, 6.45) is -0.492. The number of pyridine rings is 2. The lowest BCUT2D eigenvalue weighted by atomic mass is 9.78. The maximum atomic E-state index is 9.80. The molecule has 3 heterocycles. The van der Waals surface area contributed by atoms with E-state index in [1.54, 1.807) is 54.7 Å². The Morgan fingerprint density at radius 3 is 1.70 bits per heavy atom. The van der Waals surface area contributed by atoms with Gasteiger partial charge in [-0.15, -0.1) is 0 Å². The molecule has 286 valence electrons. The van der Waals surface area contributed by atoms with Gasteiger partial charge in [0.25, 0.3) is 0 Å². The lowest BCUT2D eigenvalue weighted by molar-refractivity contribution is 0.182. The van der Waals surface area contributed by atoms with Crippen LogP contribution in [0.25, 0.3) is 87.8 Å². The van der Waals surface area contributed by atoms with Crippen LogP contribution >= 0.6 is 0 Å². The fourth-order valence-electron chi connectivity index (χ4n) is 8.51. The number of nitrogens with zero attached hydrogens (tertiary/aromatic N) is 2. The van der Waals surface area contributed by atoms with Crippen molar-refractivity contribution in [3.63, 3.8) is 0 Å². The molecule has 3 heteroatoms. The SMILES string of the molecule is [2H]c1c([2H])c([2H])c(C2=C(c3ccc(-c4ccc5ccc6cccnc6c5n4)c4ccccc34)OC(c3c4c([2H])c([2H])c([2H])c([2H])c4c(-c4c([2H])c([2H])c([2H])c([2H])c4[2H])c4c([2H])c([2H])c([2H])c([2H])c34)C2c2c([2H])c([2H])c([2H])c([2H])c2[2H])c([2H])c1[2H].